The number of likely N-dealkylation sites (N-methyl/N-ethyl adjacent to an activating group) is 1. The van der Waals surface area contributed by atoms with Gasteiger partial charge < -0.3 is 14.8 Å². The molecule has 1 rings (SSSR count). The Balaban J connectivity index is 2.01. The van der Waals surface area contributed by atoms with E-state index in [2.05, 4.69) is 17.1 Å². The molecule has 1 saturated heterocycles. The zero-order valence-corrected chi connectivity index (χ0v) is 10.8. The van der Waals surface area contributed by atoms with Crippen LogP contribution in [-0.4, -0.2) is 63.0 Å². The molecule has 1 heterocycles. The van der Waals surface area contributed by atoms with Crippen molar-refractivity contribution in [1.29, 1.82) is 5.26 Å². The lowest BCUT2D eigenvalue weighted by Gasteiger charge is -2.32. The van der Waals surface area contributed by atoms with Crippen molar-refractivity contribution in [2.24, 2.45) is 0 Å². The molecule has 0 bridgehead atoms. The minimum Gasteiger partial charge on any atom is -0.374 e. The van der Waals surface area contributed by atoms with Crippen molar-refractivity contribution in [3.63, 3.8) is 0 Å². The second-order valence-electron chi connectivity index (χ2n) is 4.23. The fourth-order valence-corrected chi connectivity index (χ4v) is 1.80. The summed E-state index contributed by atoms with van der Waals surface area (Å²) in [6.07, 6.45) is -0.0459. The van der Waals surface area contributed by atoms with E-state index in [9.17, 15) is 0 Å². The van der Waals surface area contributed by atoms with Gasteiger partial charge in [-0.1, -0.05) is 6.92 Å². The van der Waals surface area contributed by atoms with Crippen molar-refractivity contribution >= 4 is 0 Å². The number of nitriles is 1. The van der Waals surface area contributed by atoms with Gasteiger partial charge in [-0.05, 0) is 13.5 Å². The molecule has 1 fully saturated rings. The molecule has 0 aromatic heterocycles. The molecule has 0 spiro atoms. The largest absolute Gasteiger partial charge is 0.374 e. The summed E-state index contributed by atoms with van der Waals surface area (Å²) in [7, 11) is 0. The van der Waals surface area contributed by atoms with E-state index in [0.29, 0.717) is 6.61 Å². The third-order valence-corrected chi connectivity index (χ3v) is 2.87. The summed E-state index contributed by atoms with van der Waals surface area (Å²) in [5, 5.41) is 11.8. The van der Waals surface area contributed by atoms with E-state index in [1.54, 1.807) is 6.92 Å². The first-order valence-corrected chi connectivity index (χ1v) is 6.32. The van der Waals surface area contributed by atoms with Gasteiger partial charge in [-0.2, -0.15) is 5.26 Å². The van der Waals surface area contributed by atoms with Crippen molar-refractivity contribution < 1.29 is 9.47 Å². The Kier molecular flexibility index (Phi) is 7.13. The SMILES string of the molecule is CCN1CCOC(CNCCOC(C)C#N)C1. The number of nitrogens with zero attached hydrogens (tertiary/aromatic N) is 2. The van der Waals surface area contributed by atoms with Crippen molar-refractivity contribution in [2.75, 3.05) is 45.9 Å². The molecular weight excluding hydrogens is 218 g/mol. The zero-order valence-electron chi connectivity index (χ0n) is 10.8. The highest BCUT2D eigenvalue weighted by Crippen LogP contribution is 2.03. The molecule has 2 atom stereocenters. The van der Waals surface area contributed by atoms with Crippen LogP contribution >= 0.6 is 0 Å². The van der Waals surface area contributed by atoms with Gasteiger partial charge in [-0.15, -0.1) is 0 Å². The van der Waals surface area contributed by atoms with Crippen LogP contribution in [0.2, 0.25) is 0 Å². The van der Waals surface area contributed by atoms with Crippen LogP contribution < -0.4 is 5.32 Å². The number of hydrogen-bond donors (Lipinski definition) is 1. The molecule has 1 N–H and O–H groups in total. The number of ether oxygens (including phenoxy) is 2. The summed E-state index contributed by atoms with van der Waals surface area (Å²) in [5.74, 6) is 0. The highest BCUT2D eigenvalue weighted by atomic mass is 16.5. The van der Waals surface area contributed by atoms with E-state index >= 15 is 0 Å². The predicted molar refractivity (Wildman–Crippen MR) is 65.8 cm³/mol. The molecule has 17 heavy (non-hydrogen) atoms. The lowest BCUT2D eigenvalue weighted by Crippen LogP contribution is -2.46. The van der Waals surface area contributed by atoms with Crippen LogP contribution in [0, 0.1) is 11.3 Å². The molecule has 0 radical (unpaired) electrons. The zero-order chi connectivity index (χ0) is 12.5. The maximum Gasteiger partial charge on any atom is 0.141 e. The summed E-state index contributed by atoms with van der Waals surface area (Å²) in [6, 6.07) is 2.04. The van der Waals surface area contributed by atoms with Gasteiger partial charge in [0.25, 0.3) is 0 Å². The van der Waals surface area contributed by atoms with Crippen molar-refractivity contribution in [3.8, 4) is 6.07 Å². The first kappa shape index (κ1) is 14.4. The Labute approximate surface area is 104 Å². The molecule has 1 aliphatic heterocycles. The van der Waals surface area contributed by atoms with E-state index < -0.39 is 0 Å². The lowest BCUT2D eigenvalue weighted by molar-refractivity contribution is -0.0259. The monoisotopic (exact) mass is 241 g/mol. The molecule has 0 amide bonds. The summed E-state index contributed by atoms with van der Waals surface area (Å²) < 4.78 is 10.9. The molecular formula is C12H23N3O2. The molecule has 0 saturated carbocycles. The molecule has 1 aliphatic rings. The van der Waals surface area contributed by atoms with Crippen molar-refractivity contribution in [3.05, 3.63) is 0 Å². The Hall–Kier alpha value is -0.670. The van der Waals surface area contributed by atoms with E-state index in [-0.39, 0.29) is 12.2 Å². The molecule has 0 aliphatic carbocycles. The fourth-order valence-electron chi connectivity index (χ4n) is 1.80. The normalized spacial score (nSPS) is 23.2. The Morgan fingerprint density at radius 2 is 2.47 bits per heavy atom. The third kappa shape index (κ3) is 5.99. The topological polar surface area (TPSA) is 57.5 Å². The van der Waals surface area contributed by atoms with Gasteiger partial charge in [0, 0.05) is 26.2 Å². The van der Waals surface area contributed by atoms with Crippen LogP contribution in [-0.2, 0) is 9.47 Å². The minimum absolute atomic E-state index is 0.275. The summed E-state index contributed by atoms with van der Waals surface area (Å²) in [4.78, 5) is 2.39. The molecule has 0 aromatic rings. The van der Waals surface area contributed by atoms with Crippen LogP contribution in [0.3, 0.4) is 0 Å². The van der Waals surface area contributed by atoms with Gasteiger partial charge in [-0.25, -0.2) is 0 Å². The smallest absolute Gasteiger partial charge is 0.141 e. The van der Waals surface area contributed by atoms with Gasteiger partial charge in [0.15, 0.2) is 0 Å². The van der Waals surface area contributed by atoms with E-state index in [1.165, 1.54) is 0 Å². The lowest BCUT2D eigenvalue weighted by atomic mass is 10.2. The molecule has 5 nitrogen and oxygen atoms in total. The summed E-state index contributed by atoms with van der Waals surface area (Å²) in [6.45, 7) is 10.0. The number of rotatable bonds is 7. The van der Waals surface area contributed by atoms with Crippen LogP contribution in [0.25, 0.3) is 0 Å². The van der Waals surface area contributed by atoms with Crippen molar-refractivity contribution in [2.45, 2.75) is 26.1 Å². The maximum atomic E-state index is 8.53. The summed E-state index contributed by atoms with van der Waals surface area (Å²) in [5.41, 5.74) is 0. The fraction of sp³-hybridized carbons (Fsp3) is 0.917. The maximum absolute atomic E-state index is 8.53. The first-order chi connectivity index (χ1) is 8.26. The van der Waals surface area contributed by atoms with E-state index in [0.717, 1.165) is 39.3 Å². The number of morpholine rings is 1. The Morgan fingerprint density at radius 1 is 1.65 bits per heavy atom. The van der Waals surface area contributed by atoms with E-state index in [4.69, 9.17) is 14.7 Å². The second kappa shape index (κ2) is 8.43. The van der Waals surface area contributed by atoms with Crippen LogP contribution in [0.15, 0.2) is 0 Å². The second-order valence-corrected chi connectivity index (χ2v) is 4.23. The average molecular weight is 241 g/mol. The van der Waals surface area contributed by atoms with Gasteiger partial charge in [-0.3, -0.25) is 4.90 Å². The summed E-state index contributed by atoms with van der Waals surface area (Å²) >= 11 is 0. The molecule has 5 heteroatoms. The Morgan fingerprint density at radius 3 is 3.18 bits per heavy atom. The highest BCUT2D eigenvalue weighted by molar-refractivity contribution is 4.79. The van der Waals surface area contributed by atoms with Gasteiger partial charge in [0.1, 0.15) is 6.10 Å². The predicted octanol–water partition coefficient (Wildman–Crippen LogP) is 0.225. The van der Waals surface area contributed by atoms with Crippen LogP contribution in [0.1, 0.15) is 13.8 Å². The van der Waals surface area contributed by atoms with Crippen LogP contribution in [0.4, 0.5) is 0 Å². The molecule has 0 aromatic carbocycles. The van der Waals surface area contributed by atoms with E-state index in [1.807, 2.05) is 6.07 Å². The average Bonchev–Trinajstić information content (AvgIpc) is 2.38. The third-order valence-electron chi connectivity index (χ3n) is 2.87. The standard InChI is InChI=1S/C12H23N3O2/c1-3-15-5-7-17-12(10-15)9-14-4-6-16-11(2)8-13/h11-12,14H,3-7,9-10H2,1-2H3. The first-order valence-electron chi connectivity index (χ1n) is 6.32. The van der Waals surface area contributed by atoms with Gasteiger partial charge in [0.05, 0.1) is 25.4 Å². The Bertz CT molecular complexity index is 242. The van der Waals surface area contributed by atoms with Crippen molar-refractivity contribution in [1.82, 2.24) is 10.2 Å². The van der Waals surface area contributed by atoms with Gasteiger partial charge >= 0.3 is 0 Å². The number of nitrogens with one attached hydrogen (secondary N) is 1. The molecule has 98 valence electrons. The number of hydrogen-bond acceptors (Lipinski definition) is 5. The van der Waals surface area contributed by atoms with Crippen LogP contribution in [0.5, 0.6) is 0 Å². The quantitative estimate of drug-likeness (QED) is 0.646. The molecule has 2 unspecified atom stereocenters. The minimum atomic E-state index is -0.321. The van der Waals surface area contributed by atoms with Gasteiger partial charge in [0.2, 0.25) is 0 Å². The highest BCUT2D eigenvalue weighted by Gasteiger charge is 2.18.